The van der Waals surface area contributed by atoms with Crippen LogP contribution in [-0.4, -0.2) is 36.6 Å². The maximum atomic E-state index is 11.1. The van der Waals surface area contributed by atoms with E-state index in [2.05, 4.69) is 14.7 Å². The van der Waals surface area contributed by atoms with Crippen LogP contribution in [0.4, 0.5) is 5.82 Å². The number of aryl methyl sites for hydroxylation is 1. The number of rotatable bonds is 5. The van der Waals surface area contributed by atoms with Crippen LogP contribution in [0.5, 0.6) is 0 Å². The largest absolute Gasteiger partial charge is 0.469 e. The summed E-state index contributed by atoms with van der Waals surface area (Å²) in [4.78, 5) is 22.3. The van der Waals surface area contributed by atoms with Crippen LogP contribution in [0.25, 0.3) is 11.0 Å². The van der Waals surface area contributed by atoms with Gasteiger partial charge >= 0.3 is 5.97 Å². The molecule has 0 aliphatic rings. The molecule has 1 heterocycles. The summed E-state index contributed by atoms with van der Waals surface area (Å²) in [6.45, 7) is 2.69. The van der Waals surface area contributed by atoms with Gasteiger partial charge in [0.1, 0.15) is 0 Å². The minimum absolute atomic E-state index is 0.181. The van der Waals surface area contributed by atoms with Gasteiger partial charge in [-0.05, 0) is 25.5 Å². The second kappa shape index (κ2) is 6.32. The average molecular weight is 273 g/mol. The fourth-order valence-corrected chi connectivity index (χ4v) is 2.11. The van der Waals surface area contributed by atoms with E-state index in [1.165, 1.54) is 7.11 Å². The van der Waals surface area contributed by atoms with Crippen molar-refractivity contribution in [1.82, 2.24) is 9.97 Å². The number of carbonyl (C=O) groups is 1. The van der Waals surface area contributed by atoms with Crippen molar-refractivity contribution in [2.75, 3.05) is 25.6 Å². The van der Waals surface area contributed by atoms with Gasteiger partial charge in [0.05, 0.1) is 23.8 Å². The lowest BCUT2D eigenvalue weighted by atomic mass is 10.2. The number of para-hydroxylation sites is 2. The Bertz CT molecular complexity index is 613. The van der Waals surface area contributed by atoms with Gasteiger partial charge in [-0.1, -0.05) is 12.1 Å². The highest BCUT2D eigenvalue weighted by Gasteiger charge is 2.10. The third-order valence-electron chi connectivity index (χ3n) is 3.18. The lowest BCUT2D eigenvalue weighted by molar-refractivity contribution is -0.140. The zero-order valence-electron chi connectivity index (χ0n) is 12.1. The Morgan fingerprint density at radius 2 is 1.90 bits per heavy atom. The molecule has 0 amide bonds. The van der Waals surface area contributed by atoms with E-state index in [9.17, 15) is 4.79 Å². The van der Waals surface area contributed by atoms with E-state index in [0.29, 0.717) is 6.42 Å². The summed E-state index contributed by atoms with van der Waals surface area (Å²) in [5, 5.41) is 0. The first-order valence-electron chi connectivity index (χ1n) is 6.63. The molecule has 2 rings (SSSR count). The third-order valence-corrected chi connectivity index (χ3v) is 3.18. The number of nitrogens with zero attached hydrogens (tertiary/aromatic N) is 3. The Morgan fingerprint density at radius 1 is 1.25 bits per heavy atom. The normalized spacial score (nSPS) is 10.6. The topological polar surface area (TPSA) is 55.3 Å². The molecule has 0 fully saturated rings. The highest BCUT2D eigenvalue weighted by molar-refractivity contribution is 5.76. The van der Waals surface area contributed by atoms with Crippen molar-refractivity contribution in [3.05, 3.63) is 30.0 Å². The number of hydrogen-bond acceptors (Lipinski definition) is 5. The van der Waals surface area contributed by atoms with Crippen molar-refractivity contribution in [2.45, 2.75) is 19.8 Å². The van der Waals surface area contributed by atoms with E-state index in [1.54, 1.807) is 0 Å². The second-order valence-corrected chi connectivity index (χ2v) is 4.72. The number of esters is 1. The molecule has 0 spiro atoms. The Morgan fingerprint density at radius 3 is 2.55 bits per heavy atom. The highest BCUT2D eigenvalue weighted by Crippen LogP contribution is 2.19. The highest BCUT2D eigenvalue weighted by atomic mass is 16.5. The molecule has 0 atom stereocenters. The van der Waals surface area contributed by atoms with Crippen molar-refractivity contribution < 1.29 is 9.53 Å². The van der Waals surface area contributed by atoms with Crippen molar-refractivity contribution >= 4 is 22.8 Å². The van der Waals surface area contributed by atoms with Gasteiger partial charge in [0.2, 0.25) is 0 Å². The molecule has 0 N–H and O–H groups in total. The molecule has 5 heteroatoms. The second-order valence-electron chi connectivity index (χ2n) is 4.72. The molecule has 0 unspecified atom stereocenters. The Kier molecular flexibility index (Phi) is 4.50. The lowest BCUT2D eigenvalue weighted by Gasteiger charge is -2.19. The van der Waals surface area contributed by atoms with Gasteiger partial charge in [-0.15, -0.1) is 0 Å². The van der Waals surface area contributed by atoms with Crippen LogP contribution < -0.4 is 4.90 Å². The number of methoxy groups -OCH3 is 1. The quantitative estimate of drug-likeness (QED) is 0.783. The van der Waals surface area contributed by atoms with Crippen LogP contribution >= 0.6 is 0 Å². The van der Waals surface area contributed by atoms with E-state index >= 15 is 0 Å². The first-order chi connectivity index (χ1) is 9.61. The van der Waals surface area contributed by atoms with E-state index < -0.39 is 0 Å². The van der Waals surface area contributed by atoms with Crippen molar-refractivity contribution in [2.24, 2.45) is 0 Å². The fraction of sp³-hybridized carbons (Fsp3) is 0.400. The minimum Gasteiger partial charge on any atom is -0.469 e. The molecule has 0 aliphatic heterocycles. The summed E-state index contributed by atoms with van der Waals surface area (Å²) >= 11 is 0. The van der Waals surface area contributed by atoms with Gasteiger partial charge in [-0.2, -0.15) is 0 Å². The van der Waals surface area contributed by atoms with E-state index in [1.807, 2.05) is 43.1 Å². The molecule has 0 bridgehead atoms. The summed E-state index contributed by atoms with van der Waals surface area (Å²) in [6, 6.07) is 7.81. The van der Waals surface area contributed by atoms with Crippen molar-refractivity contribution in [3.8, 4) is 0 Å². The maximum Gasteiger partial charge on any atom is 0.305 e. The van der Waals surface area contributed by atoms with Crippen LogP contribution in [0.3, 0.4) is 0 Å². The van der Waals surface area contributed by atoms with Gasteiger partial charge in [-0.3, -0.25) is 4.79 Å². The summed E-state index contributed by atoms with van der Waals surface area (Å²) in [7, 11) is 3.37. The first kappa shape index (κ1) is 14.2. The average Bonchev–Trinajstić information content (AvgIpc) is 2.46. The summed E-state index contributed by atoms with van der Waals surface area (Å²) in [5.74, 6) is 0.674. The smallest absolute Gasteiger partial charge is 0.305 e. The van der Waals surface area contributed by atoms with Gasteiger partial charge in [0.15, 0.2) is 5.82 Å². The molecule has 106 valence electrons. The number of hydrogen-bond donors (Lipinski definition) is 0. The Labute approximate surface area is 118 Å². The number of aromatic nitrogens is 2. The third kappa shape index (κ3) is 3.23. The first-order valence-corrected chi connectivity index (χ1v) is 6.63. The SMILES string of the molecule is COC(=O)CCCN(C)c1nc2ccccc2nc1C. The van der Waals surface area contributed by atoms with Gasteiger partial charge in [-0.25, -0.2) is 9.97 Å². The molecule has 2 aromatic rings. The summed E-state index contributed by atoms with van der Waals surface area (Å²) < 4.78 is 4.63. The molecule has 0 aliphatic carbocycles. The number of fused-ring (bicyclic) bond motifs is 1. The monoisotopic (exact) mass is 273 g/mol. The minimum atomic E-state index is -0.181. The summed E-state index contributed by atoms with van der Waals surface area (Å²) in [5.41, 5.74) is 2.67. The zero-order chi connectivity index (χ0) is 14.5. The van der Waals surface area contributed by atoms with Crippen molar-refractivity contribution in [1.29, 1.82) is 0 Å². The zero-order valence-corrected chi connectivity index (χ0v) is 12.1. The van der Waals surface area contributed by atoms with Crippen LogP contribution in [0.1, 0.15) is 18.5 Å². The molecule has 0 saturated carbocycles. The molecule has 1 aromatic heterocycles. The van der Waals surface area contributed by atoms with Crippen LogP contribution in [0, 0.1) is 6.92 Å². The number of ether oxygens (including phenoxy) is 1. The van der Waals surface area contributed by atoms with Crippen LogP contribution in [0.15, 0.2) is 24.3 Å². The molecule has 20 heavy (non-hydrogen) atoms. The lowest BCUT2D eigenvalue weighted by Crippen LogP contribution is -2.22. The number of anilines is 1. The summed E-state index contributed by atoms with van der Waals surface area (Å²) in [6.07, 6.45) is 1.15. The Balaban J connectivity index is 2.11. The molecular weight excluding hydrogens is 254 g/mol. The maximum absolute atomic E-state index is 11.1. The molecule has 0 saturated heterocycles. The number of benzene rings is 1. The van der Waals surface area contributed by atoms with Gasteiger partial charge < -0.3 is 9.64 Å². The van der Waals surface area contributed by atoms with Crippen molar-refractivity contribution in [3.63, 3.8) is 0 Å². The van der Waals surface area contributed by atoms with Gasteiger partial charge in [0, 0.05) is 20.0 Å². The fourth-order valence-electron chi connectivity index (χ4n) is 2.11. The Hall–Kier alpha value is -2.17. The van der Waals surface area contributed by atoms with Crippen LogP contribution in [0.2, 0.25) is 0 Å². The van der Waals surface area contributed by atoms with Crippen LogP contribution in [-0.2, 0) is 9.53 Å². The van der Waals surface area contributed by atoms with Gasteiger partial charge in [0.25, 0.3) is 0 Å². The van der Waals surface area contributed by atoms with E-state index in [-0.39, 0.29) is 5.97 Å². The predicted molar refractivity (Wildman–Crippen MR) is 78.8 cm³/mol. The molecular formula is C15H19N3O2. The molecule has 5 nitrogen and oxygen atoms in total. The molecule has 1 aromatic carbocycles. The predicted octanol–water partition coefficient (Wildman–Crippen LogP) is 2.33. The van der Waals surface area contributed by atoms with E-state index in [4.69, 9.17) is 0 Å². The van der Waals surface area contributed by atoms with E-state index in [0.717, 1.165) is 35.5 Å². The molecule has 0 radical (unpaired) electrons. The standard InChI is InChI=1S/C15H19N3O2/c1-11-15(18(2)10-6-9-14(19)20-3)17-13-8-5-4-7-12(13)16-11/h4-5,7-8H,6,9-10H2,1-3H3. The number of carbonyl (C=O) groups excluding carboxylic acids is 1.